The number of β-amino-alcohol motifs (C(OH)–C–C–N with tert-alkyl or cyclic N) is 1. The molecule has 2 nitrogen and oxygen atoms in total. The molecule has 1 N–H and O–H groups in total. The monoisotopic (exact) mass is 171 g/mol. The van der Waals surface area contributed by atoms with Crippen molar-refractivity contribution in [3.05, 3.63) is 0 Å². The van der Waals surface area contributed by atoms with Crippen LogP contribution >= 0.6 is 0 Å². The van der Waals surface area contributed by atoms with Crippen LogP contribution in [0.15, 0.2) is 0 Å². The second kappa shape index (κ2) is 4.83. The lowest BCUT2D eigenvalue weighted by Crippen LogP contribution is -2.33. The molecule has 0 aliphatic carbocycles. The molecule has 2 heteroatoms. The fourth-order valence-corrected chi connectivity index (χ4v) is 1.88. The smallest absolute Gasteiger partial charge is 0.0667 e. The van der Waals surface area contributed by atoms with Crippen molar-refractivity contribution in [2.75, 3.05) is 19.6 Å². The van der Waals surface area contributed by atoms with E-state index in [-0.39, 0.29) is 6.10 Å². The molecule has 1 rings (SSSR count). The van der Waals surface area contributed by atoms with Crippen LogP contribution in [-0.2, 0) is 0 Å². The van der Waals surface area contributed by atoms with E-state index in [9.17, 15) is 5.11 Å². The highest BCUT2D eigenvalue weighted by molar-refractivity contribution is 4.70. The minimum atomic E-state index is -0.0775. The van der Waals surface area contributed by atoms with E-state index in [1.54, 1.807) is 0 Å². The van der Waals surface area contributed by atoms with Crippen LogP contribution in [-0.4, -0.2) is 35.7 Å². The van der Waals surface area contributed by atoms with Crippen LogP contribution in [0.2, 0.25) is 0 Å². The van der Waals surface area contributed by atoms with Gasteiger partial charge < -0.3 is 10.0 Å². The third-order valence-electron chi connectivity index (χ3n) is 2.35. The van der Waals surface area contributed by atoms with Gasteiger partial charge in [-0.15, -0.1) is 0 Å². The summed E-state index contributed by atoms with van der Waals surface area (Å²) in [5.74, 6) is 0.718. The summed E-state index contributed by atoms with van der Waals surface area (Å²) in [5.41, 5.74) is 0. The third kappa shape index (κ3) is 3.55. The van der Waals surface area contributed by atoms with E-state index in [4.69, 9.17) is 0 Å². The van der Waals surface area contributed by atoms with E-state index >= 15 is 0 Å². The maximum atomic E-state index is 9.53. The van der Waals surface area contributed by atoms with Gasteiger partial charge in [0.1, 0.15) is 0 Å². The normalized spacial score (nSPS) is 27.5. The second-order valence-electron chi connectivity index (χ2n) is 4.30. The van der Waals surface area contributed by atoms with E-state index < -0.39 is 0 Å². The first-order valence-corrected chi connectivity index (χ1v) is 5.09. The fraction of sp³-hybridized carbons (Fsp3) is 1.00. The Kier molecular flexibility index (Phi) is 4.02. The maximum Gasteiger partial charge on any atom is 0.0667 e. The lowest BCUT2D eigenvalue weighted by atomic mass is 10.2. The molecule has 1 heterocycles. The molecule has 12 heavy (non-hydrogen) atoms. The van der Waals surface area contributed by atoms with Crippen LogP contribution in [0.5, 0.6) is 0 Å². The Morgan fingerprint density at radius 1 is 1.42 bits per heavy atom. The average molecular weight is 171 g/mol. The Labute approximate surface area is 75.6 Å². The van der Waals surface area contributed by atoms with Gasteiger partial charge in [-0.2, -0.15) is 0 Å². The predicted molar refractivity (Wildman–Crippen MR) is 51.1 cm³/mol. The van der Waals surface area contributed by atoms with Gasteiger partial charge in [0.05, 0.1) is 6.10 Å². The quantitative estimate of drug-likeness (QED) is 0.680. The lowest BCUT2D eigenvalue weighted by molar-refractivity contribution is 0.115. The molecule has 0 saturated carbocycles. The van der Waals surface area contributed by atoms with E-state index in [2.05, 4.69) is 18.7 Å². The largest absolute Gasteiger partial charge is 0.392 e. The fourth-order valence-electron chi connectivity index (χ4n) is 1.88. The Hall–Kier alpha value is -0.0800. The van der Waals surface area contributed by atoms with Crippen LogP contribution in [0.25, 0.3) is 0 Å². The van der Waals surface area contributed by atoms with Crippen LogP contribution in [0.1, 0.15) is 33.1 Å². The summed E-state index contributed by atoms with van der Waals surface area (Å²) in [4.78, 5) is 2.39. The van der Waals surface area contributed by atoms with Crippen molar-refractivity contribution in [2.24, 2.45) is 5.92 Å². The van der Waals surface area contributed by atoms with Gasteiger partial charge in [-0.1, -0.05) is 13.8 Å². The number of likely N-dealkylation sites (tertiary alicyclic amines) is 1. The number of nitrogens with zero attached hydrogens (tertiary/aromatic N) is 1. The maximum absolute atomic E-state index is 9.53. The molecule has 1 aliphatic rings. The number of hydrogen-bond donors (Lipinski definition) is 1. The first kappa shape index (κ1) is 10.0. The SMILES string of the molecule is CC(C)CN1CCCC[C@@H](O)C1. The van der Waals surface area contributed by atoms with E-state index in [0.717, 1.165) is 25.4 Å². The number of aliphatic hydroxyl groups is 1. The average Bonchev–Trinajstić information content (AvgIpc) is 2.12. The molecule has 0 amide bonds. The molecule has 1 fully saturated rings. The zero-order chi connectivity index (χ0) is 8.97. The van der Waals surface area contributed by atoms with Crippen molar-refractivity contribution in [2.45, 2.75) is 39.2 Å². The third-order valence-corrected chi connectivity index (χ3v) is 2.35. The zero-order valence-electron chi connectivity index (χ0n) is 8.29. The number of aliphatic hydroxyl groups excluding tert-OH is 1. The Balaban J connectivity index is 2.31. The summed E-state index contributed by atoms with van der Waals surface area (Å²) in [6.45, 7) is 7.67. The van der Waals surface area contributed by atoms with E-state index in [0.29, 0.717) is 0 Å². The topological polar surface area (TPSA) is 23.5 Å². The first-order valence-electron chi connectivity index (χ1n) is 5.09. The zero-order valence-corrected chi connectivity index (χ0v) is 8.29. The first-order chi connectivity index (χ1) is 5.68. The highest BCUT2D eigenvalue weighted by Gasteiger charge is 2.15. The molecule has 72 valence electrons. The van der Waals surface area contributed by atoms with Gasteiger partial charge in [0.15, 0.2) is 0 Å². The molecular formula is C10H21NO. The molecule has 1 saturated heterocycles. The van der Waals surface area contributed by atoms with Gasteiger partial charge in [-0.3, -0.25) is 0 Å². The van der Waals surface area contributed by atoms with Gasteiger partial charge in [0, 0.05) is 13.1 Å². The molecule has 1 aliphatic heterocycles. The van der Waals surface area contributed by atoms with Gasteiger partial charge in [0.2, 0.25) is 0 Å². The highest BCUT2D eigenvalue weighted by atomic mass is 16.3. The summed E-state index contributed by atoms with van der Waals surface area (Å²) in [5, 5.41) is 9.53. The van der Waals surface area contributed by atoms with E-state index in [1.165, 1.54) is 19.4 Å². The van der Waals surface area contributed by atoms with Crippen molar-refractivity contribution < 1.29 is 5.11 Å². The molecule has 0 aromatic rings. The molecule has 0 radical (unpaired) electrons. The van der Waals surface area contributed by atoms with Crippen molar-refractivity contribution >= 4 is 0 Å². The number of hydrogen-bond acceptors (Lipinski definition) is 2. The standard InChI is InChI=1S/C10H21NO/c1-9(2)7-11-6-4-3-5-10(12)8-11/h9-10,12H,3-8H2,1-2H3/t10-/m1/s1. The molecule has 0 spiro atoms. The van der Waals surface area contributed by atoms with Crippen molar-refractivity contribution in [3.8, 4) is 0 Å². The minimum absolute atomic E-state index is 0.0775. The molecular weight excluding hydrogens is 150 g/mol. The van der Waals surface area contributed by atoms with Gasteiger partial charge in [-0.25, -0.2) is 0 Å². The lowest BCUT2D eigenvalue weighted by Gasteiger charge is -2.23. The van der Waals surface area contributed by atoms with Gasteiger partial charge in [0.25, 0.3) is 0 Å². The summed E-state index contributed by atoms with van der Waals surface area (Å²) in [6.07, 6.45) is 3.36. The molecule has 0 aromatic carbocycles. The molecule has 0 unspecified atom stereocenters. The Morgan fingerprint density at radius 2 is 2.17 bits per heavy atom. The molecule has 1 atom stereocenters. The Bertz CT molecular complexity index is 125. The van der Waals surface area contributed by atoms with E-state index in [1.807, 2.05) is 0 Å². The van der Waals surface area contributed by atoms with Crippen molar-refractivity contribution in [1.82, 2.24) is 4.90 Å². The summed E-state index contributed by atoms with van der Waals surface area (Å²) < 4.78 is 0. The summed E-state index contributed by atoms with van der Waals surface area (Å²) >= 11 is 0. The Morgan fingerprint density at radius 3 is 2.83 bits per heavy atom. The van der Waals surface area contributed by atoms with Gasteiger partial charge in [-0.05, 0) is 31.7 Å². The van der Waals surface area contributed by atoms with Crippen LogP contribution in [0.3, 0.4) is 0 Å². The number of rotatable bonds is 2. The minimum Gasteiger partial charge on any atom is -0.392 e. The molecule has 0 bridgehead atoms. The summed E-state index contributed by atoms with van der Waals surface area (Å²) in [7, 11) is 0. The van der Waals surface area contributed by atoms with Crippen molar-refractivity contribution in [3.63, 3.8) is 0 Å². The van der Waals surface area contributed by atoms with Crippen LogP contribution < -0.4 is 0 Å². The van der Waals surface area contributed by atoms with Crippen molar-refractivity contribution in [1.29, 1.82) is 0 Å². The highest BCUT2D eigenvalue weighted by Crippen LogP contribution is 2.11. The summed E-state index contributed by atoms with van der Waals surface area (Å²) in [6, 6.07) is 0. The van der Waals surface area contributed by atoms with Gasteiger partial charge >= 0.3 is 0 Å². The second-order valence-corrected chi connectivity index (χ2v) is 4.30. The predicted octanol–water partition coefficient (Wildman–Crippen LogP) is 1.49. The van der Waals surface area contributed by atoms with Crippen LogP contribution in [0.4, 0.5) is 0 Å². The van der Waals surface area contributed by atoms with Crippen LogP contribution in [0, 0.1) is 5.92 Å². The molecule has 0 aromatic heterocycles.